The van der Waals surface area contributed by atoms with Gasteiger partial charge in [-0.2, -0.15) is 4.68 Å². The van der Waals surface area contributed by atoms with Gasteiger partial charge in [-0.25, -0.2) is 4.79 Å². The molecule has 0 aliphatic carbocycles. The Morgan fingerprint density at radius 2 is 2.00 bits per heavy atom. The minimum atomic E-state index is -1.13. The summed E-state index contributed by atoms with van der Waals surface area (Å²) >= 11 is 0. The average Bonchev–Trinajstić information content (AvgIpc) is 3.01. The number of nitro groups is 1. The third-order valence-corrected chi connectivity index (χ3v) is 3.45. The zero-order valence-electron chi connectivity index (χ0n) is 12.9. The molecule has 1 aromatic carbocycles. The van der Waals surface area contributed by atoms with E-state index in [0.717, 1.165) is 10.2 Å². The van der Waals surface area contributed by atoms with Gasteiger partial charge < -0.3 is 20.1 Å². The number of aromatic nitrogens is 2. The minimum absolute atomic E-state index is 0.122. The molecule has 24 heavy (non-hydrogen) atoms. The topological polar surface area (TPSA) is 119 Å². The predicted octanol–water partition coefficient (Wildman–Crippen LogP) is 1.29. The van der Waals surface area contributed by atoms with Crippen LogP contribution in [0.25, 0.3) is 0 Å². The van der Waals surface area contributed by atoms with Gasteiger partial charge in [-0.3, -0.25) is 4.79 Å². The SMILES string of the molecule is CC(C(=O)O)N(Cc1ccccc1)C(=O)Cn1ccc([N+](=O)[O-])n1. The minimum Gasteiger partial charge on any atom is -0.480 e. The van der Waals surface area contributed by atoms with Crippen LogP contribution in [0.3, 0.4) is 0 Å². The highest BCUT2D eigenvalue weighted by Gasteiger charge is 2.27. The number of amides is 1. The lowest BCUT2D eigenvalue weighted by atomic mass is 10.1. The molecular formula is C15H16N4O5. The van der Waals surface area contributed by atoms with Crippen LogP contribution in [0.2, 0.25) is 0 Å². The molecular weight excluding hydrogens is 316 g/mol. The summed E-state index contributed by atoms with van der Waals surface area (Å²) in [5, 5.41) is 23.5. The molecule has 0 saturated heterocycles. The molecule has 0 aliphatic rings. The molecule has 1 heterocycles. The van der Waals surface area contributed by atoms with Gasteiger partial charge >= 0.3 is 11.8 Å². The molecule has 0 saturated carbocycles. The molecule has 1 N–H and O–H groups in total. The largest absolute Gasteiger partial charge is 0.480 e. The Morgan fingerprint density at radius 1 is 1.33 bits per heavy atom. The van der Waals surface area contributed by atoms with E-state index >= 15 is 0 Å². The molecule has 1 aromatic heterocycles. The van der Waals surface area contributed by atoms with Crippen molar-refractivity contribution >= 4 is 17.7 Å². The normalized spacial score (nSPS) is 11.7. The Labute approximate surface area is 137 Å². The van der Waals surface area contributed by atoms with E-state index in [4.69, 9.17) is 0 Å². The number of rotatable bonds is 7. The lowest BCUT2D eigenvalue weighted by molar-refractivity contribution is -0.389. The highest BCUT2D eigenvalue weighted by Crippen LogP contribution is 2.11. The van der Waals surface area contributed by atoms with Crippen molar-refractivity contribution in [2.75, 3.05) is 0 Å². The zero-order chi connectivity index (χ0) is 17.7. The Kier molecular flexibility index (Phi) is 5.25. The summed E-state index contributed by atoms with van der Waals surface area (Å²) in [4.78, 5) is 34.9. The van der Waals surface area contributed by atoms with Crippen molar-refractivity contribution in [3.05, 3.63) is 58.3 Å². The monoisotopic (exact) mass is 332 g/mol. The van der Waals surface area contributed by atoms with Crippen LogP contribution in [-0.4, -0.2) is 42.6 Å². The maximum atomic E-state index is 12.5. The fourth-order valence-corrected chi connectivity index (χ4v) is 2.12. The van der Waals surface area contributed by atoms with Crippen molar-refractivity contribution in [2.24, 2.45) is 0 Å². The Balaban J connectivity index is 2.17. The summed E-state index contributed by atoms with van der Waals surface area (Å²) in [5.41, 5.74) is 0.783. The second-order valence-corrected chi connectivity index (χ2v) is 5.15. The van der Waals surface area contributed by atoms with Crippen LogP contribution < -0.4 is 0 Å². The Hall–Kier alpha value is -3.23. The van der Waals surface area contributed by atoms with Gasteiger partial charge in [0.1, 0.15) is 12.6 Å². The van der Waals surface area contributed by atoms with E-state index < -0.39 is 22.8 Å². The first kappa shape index (κ1) is 17.1. The molecule has 0 bridgehead atoms. The van der Waals surface area contributed by atoms with Gasteiger partial charge in [0.2, 0.25) is 5.91 Å². The molecule has 1 unspecified atom stereocenters. The van der Waals surface area contributed by atoms with Gasteiger partial charge in [0, 0.05) is 6.54 Å². The fourth-order valence-electron chi connectivity index (χ4n) is 2.12. The number of carboxylic acids is 1. The molecule has 1 atom stereocenters. The number of carbonyl (C=O) groups excluding carboxylic acids is 1. The molecule has 126 valence electrons. The summed E-state index contributed by atoms with van der Waals surface area (Å²) in [7, 11) is 0. The number of nitrogens with zero attached hydrogens (tertiary/aromatic N) is 4. The van der Waals surface area contributed by atoms with Crippen molar-refractivity contribution < 1.29 is 19.6 Å². The molecule has 1 amide bonds. The van der Waals surface area contributed by atoms with E-state index in [2.05, 4.69) is 5.10 Å². The van der Waals surface area contributed by atoms with E-state index in [9.17, 15) is 24.8 Å². The smallest absolute Gasteiger partial charge is 0.389 e. The van der Waals surface area contributed by atoms with Gasteiger partial charge in [0.05, 0.1) is 17.4 Å². The molecule has 9 heteroatoms. The molecule has 2 aromatic rings. The molecule has 0 spiro atoms. The number of aliphatic carboxylic acids is 1. The van der Waals surface area contributed by atoms with Crippen LogP contribution in [0.15, 0.2) is 42.6 Å². The second-order valence-electron chi connectivity index (χ2n) is 5.15. The van der Waals surface area contributed by atoms with Gasteiger partial charge in [0.25, 0.3) is 0 Å². The molecule has 9 nitrogen and oxygen atoms in total. The van der Waals surface area contributed by atoms with Gasteiger partial charge in [-0.1, -0.05) is 30.3 Å². The summed E-state index contributed by atoms with van der Waals surface area (Å²) in [6, 6.07) is 9.11. The summed E-state index contributed by atoms with van der Waals surface area (Å²) in [5.74, 6) is -2.00. The van der Waals surface area contributed by atoms with E-state index in [1.807, 2.05) is 6.07 Å². The first-order chi connectivity index (χ1) is 11.4. The second kappa shape index (κ2) is 7.36. The third kappa shape index (κ3) is 4.15. The van der Waals surface area contributed by atoms with Gasteiger partial charge in [-0.05, 0) is 17.4 Å². The van der Waals surface area contributed by atoms with E-state index in [1.165, 1.54) is 24.1 Å². The van der Waals surface area contributed by atoms with Crippen LogP contribution in [0.1, 0.15) is 12.5 Å². The lowest BCUT2D eigenvalue weighted by Gasteiger charge is -2.26. The lowest BCUT2D eigenvalue weighted by Crippen LogP contribution is -2.44. The number of carboxylic acid groups (broad SMARTS) is 1. The van der Waals surface area contributed by atoms with Crippen molar-refractivity contribution in [3.8, 4) is 0 Å². The summed E-state index contributed by atoms with van der Waals surface area (Å²) in [6.07, 6.45) is 1.31. The summed E-state index contributed by atoms with van der Waals surface area (Å²) in [6.45, 7) is 1.25. The Morgan fingerprint density at radius 3 is 2.54 bits per heavy atom. The van der Waals surface area contributed by atoms with Gasteiger partial charge in [-0.15, -0.1) is 0 Å². The van der Waals surface area contributed by atoms with E-state index in [1.54, 1.807) is 24.3 Å². The van der Waals surface area contributed by atoms with Crippen molar-refractivity contribution in [1.29, 1.82) is 0 Å². The number of hydrogen-bond acceptors (Lipinski definition) is 5. The van der Waals surface area contributed by atoms with Crippen LogP contribution >= 0.6 is 0 Å². The van der Waals surface area contributed by atoms with Crippen LogP contribution in [0, 0.1) is 10.1 Å². The fraction of sp³-hybridized carbons (Fsp3) is 0.267. The van der Waals surface area contributed by atoms with Crippen molar-refractivity contribution in [1.82, 2.24) is 14.7 Å². The number of hydrogen-bond donors (Lipinski definition) is 1. The zero-order valence-corrected chi connectivity index (χ0v) is 12.9. The predicted molar refractivity (Wildman–Crippen MR) is 83.0 cm³/mol. The van der Waals surface area contributed by atoms with Crippen molar-refractivity contribution in [3.63, 3.8) is 0 Å². The summed E-state index contributed by atoms with van der Waals surface area (Å²) < 4.78 is 1.12. The molecule has 2 rings (SSSR count). The van der Waals surface area contributed by atoms with Crippen LogP contribution in [-0.2, 0) is 22.7 Å². The average molecular weight is 332 g/mol. The maximum absolute atomic E-state index is 12.5. The molecule has 0 fully saturated rings. The highest BCUT2D eigenvalue weighted by atomic mass is 16.6. The number of benzene rings is 1. The van der Waals surface area contributed by atoms with E-state index in [-0.39, 0.29) is 18.9 Å². The van der Waals surface area contributed by atoms with E-state index in [0.29, 0.717) is 0 Å². The standard InChI is InChI=1S/C15H16N4O5/c1-11(15(21)22)18(9-12-5-3-2-4-6-12)14(20)10-17-8-7-13(16-17)19(23)24/h2-8,11H,9-10H2,1H3,(H,21,22). The third-order valence-electron chi connectivity index (χ3n) is 3.45. The quantitative estimate of drug-likeness (QED) is 0.603. The maximum Gasteiger partial charge on any atom is 0.389 e. The van der Waals surface area contributed by atoms with Crippen LogP contribution in [0.4, 0.5) is 5.82 Å². The first-order valence-electron chi connectivity index (χ1n) is 7.12. The highest BCUT2D eigenvalue weighted by molar-refractivity contribution is 5.83. The first-order valence-corrected chi connectivity index (χ1v) is 7.12. The number of carbonyl (C=O) groups is 2. The molecule has 0 radical (unpaired) electrons. The molecule has 0 aliphatic heterocycles. The van der Waals surface area contributed by atoms with Gasteiger partial charge in [0.15, 0.2) is 0 Å². The van der Waals surface area contributed by atoms with Crippen LogP contribution in [0.5, 0.6) is 0 Å². The Bertz CT molecular complexity index is 743. The van der Waals surface area contributed by atoms with Crippen molar-refractivity contribution in [2.45, 2.75) is 26.1 Å².